The minimum atomic E-state index is -0.734. The first kappa shape index (κ1) is 18.3. The van der Waals surface area contributed by atoms with E-state index in [1.165, 1.54) is 0 Å². The lowest BCUT2D eigenvalue weighted by Gasteiger charge is -2.13. The summed E-state index contributed by atoms with van der Waals surface area (Å²) in [5.74, 6) is -0.319. The molecule has 0 unspecified atom stereocenters. The number of benzene rings is 2. The molecule has 0 aliphatic rings. The summed E-state index contributed by atoms with van der Waals surface area (Å²) < 4.78 is 11.0. The number of rotatable bonds is 7. The fourth-order valence-electron chi connectivity index (χ4n) is 2.18. The Morgan fingerprint density at radius 2 is 1.56 bits per heavy atom. The van der Waals surface area contributed by atoms with Crippen LogP contribution in [0.4, 0.5) is 5.69 Å². The Morgan fingerprint density at radius 1 is 0.880 bits per heavy atom. The first-order chi connectivity index (χ1) is 12.1. The van der Waals surface area contributed by atoms with E-state index < -0.39 is 11.8 Å². The van der Waals surface area contributed by atoms with Crippen molar-refractivity contribution in [1.82, 2.24) is 5.32 Å². The lowest BCUT2D eigenvalue weighted by molar-refractivity contribution is -0.136. The molecule has 0 aliphatic heterocycles. The number of hydrogen-bond acceptors (Lipinski definition) is 4. The number of ether oxygens (including phenoxy) is 2. The number of carbonyl (C=O) groups is 2. The highest BCUT2D eigenvalue weighted by Crippen LogP contribution is 2.30. The van der Waals surface area contributed by atoms with Gasteiger partial charge in [0, 0.05) is 18.3 Å². The third kappa shape index (κ3) is 5.53. The molecule has 0 atom stereocenters. The second-order valence-electron chi connectivity index (χ2n) is 5.15. The highest BCUT2D eigenvalue weighted by Gasteiger charge is 2.15. The van der Waals surface area contributed by atoms with Gasteiger partial charge in [-0.25, -0.2) is 0 Å². The maximum atomic E-state index is 12.0. The number of nitrogens with one attached hydrogen (secondary N) is 2. The summed E-state index contributed by atoms with van der Waals surface area (Å²) >= 11 is 0. The quantitative estimate of drug-likeness (QED) is 0.759. The van der Waals surface area contributed by atoms with Crippen LogP contribution in [-0.4, -0.2) is 25.0 Å². The molecular formula is C19H22N2O4. The van der Waals surface area contributed by atoms with Gasteiger partial charge < -0.3 is 20.1 Å². The molecule has 0 bridgehead atoms. The lowest BCUT2D eigenvalue weighted by Crippen LogP contribution is -2.34. The normalized spacial score (nSPS) is 10.0. The standard InChI is InChI=1S/C19H22N2O4/c1-3-24-16-11-10-15(12-17(16)25-4-2)21-19(23)18(22)20-13-14-8-6-5-7-9-14/h5-12H,3-4,13H2,1-2H3,(H,20,22)(H,21,23). The summed E-state index contributed by atoms with van der Waals surface area (Å²) in [6.45, 7) is 5.00. The van der Waals surface area contributed by atoms with Crippen molar-refractivity contribution >= 4 is 17.5 Å². The van der Waals surface area contributed by atoms with Gasteiger partial charge in [-0.15, -0.1) is 0 Å². The average molecular weight is 342 g/mol. The van der Waals surface area contributed by atoms with Crippen molar-refractivity contribution in [2.24, 2.45) is 0 Å². The Bertz CT molecular complexity index is 717. The van der Waals surface area contributed by atoms with Crippen LogP contribution in [0.25, 0.3) is 0 Å². The summed E-state index contributed by atoms with van der Waals surface area (Å²) in [6.07, 6.45) is 0. The number of amides is 2. The van der Waals surface area contributed by atoms with Crippen LogP contribution >= 0.6 is 0 Å². The lowest BCUT2D eigenvalue weighted by atomic mass is 10.2. The van der Waals surface area contributed by atoms with Crippen LogP contribution in [0.2, 0.25) is 0 Å². The number of carbonyl (C=O) groups excluding carboxylic acids is 2. The fraction of sp³-hybridized carbons (Fsp3) is 0.263. The largest absolute Gasteiger partial charge is 0.490 e. The zero-order valence-corrected chi connectivity index (χ0v) is 14.4. The maximum absolute atomic E-state index is 12.0. The minimum absolute atomic E-state index is 0.292. The van der Waals surface area contributed by atoms with Crippen LogP contribution in [0.1, 0.15) is 19.4 Å². The van der Waals surface area contributed by atoms with Crippen molar-refractivity contribution < 1.29 is 19.1 Å². The summed E-state index contributed by atoms with van der Waals surface area (Å²) in [7, 11) is 0. The van der Waals surface area contributed by atoms with Gasteiger partial charge in [0.25, 0.3) is 0 Å². The van der Waals surface area contributed by atoms with Gasteiger partial charge in [-0.3, -0.25) is 9.59 Å². The van der Waals surface area contributed by atoms with Gasteiger partial charge in [0.15, 0.2) is 11.5 Å². The Hall–Kier alpha value is -3.02. The van der Waals surface area contributed by atoms with E-state index >= 15 is 0 Å². The molecule has 0 fully saturated rings. The van der Waals surface area contributed by atoms with Crippen molar-refractivity contribution in [3.05, 3.63) is 54.1 Å². The van der Waals surface area contributed by atoms with Crippen LogP contribution in [0.5, 0.6) is 11.5 Å². The third-order valence-corrected chi connectivity index (χ3v) is 3.30. The Kier molecular flexibility index (Phi) is 6.83. The second kappa shape index (κ2) is 9.32. The van der Waals surface area contributed by atoms with Crippen LogP contribution in [-0.2, 0) is 16.1 Å². The minimum Gasteiger partial charge on any atom is -0.490 e. The Balaban J connectivity index is 1.96. The van der Waals surface area contributed by atoms with E-state index in [-0.39, 0.29) is 0 Å². The molecule has 6 heteroatoms. The van der Waals surface area contributed by atoms with Crippen LogP contribution in [0.3, 0.4) is 0 Å². The summed E-state index contributed by atoms with van der Waals surface area (Å²) in [6, 6.07) is 14.4. The average Bonchev–Trinajstić information content (AvgIpc) is 2.63. The van der Waals surface area contributed by atoms with Crippen molar-refractivity contribution in [1.29, 1.82) is 0 Å². The topological polar surface area (TPSA) is 76.7 Å². The van der Waals surface area contributed by atoms with Crippen molar-refractivity contribution in [2.75, 3.05) is 18.5 Å². The molecule has 0 spiro atoms. The molecule has 6 nitrogen and oxygen atoms in total. The van der Waals surface area contributed by atoms with E-state index in [9.17, 15) is 9.59 Å². The van der Waals surface area contributed by atoms with Crippen LogP contribution in [0, 0.1) is 0 Å². The fourth-order valence-corrected chi connectivity index (χ4v) is 2.18. The highest BCUT2D eigenvalue weighted by atomic mass is 16.5. The van der Waals surface area contributed by atoms with Crippen molar-refractivity contribution in [2.45, 2.75) is 20.4 Å². The predicted octanol–water partition coefficient (Wildman–Crippen LogP) is 2.74. The van der Waals surface area contributed by atoms with Gasteiger partial charge >= 0.3 is 11.8 Å². The van der Waals surface area contributed by atoms with Crippen LogP contribution in [0.15, 0.2) is 48.5 Å². The highest BCUT2D eigenvalue weighted by molar-refractivity contribution is 6.39. The maximum Gasteiger partial charge on any atom is 0.313 e. The molecule has 0 aromatic heterocycles. The molecule has 0 heterocycles. The number of hydrogen-bond donors (Lipinski definition) is 2. The van der Waals surface area contributed by atoms with E-state index in [1.54, 1.807) is 18.2 Å². The predicted molar refractivity (Wildman–Crippen MR) is 95.7 cm³/mol. The van der Waals surface area contributed by atoms with Gasteiger partial charge in [-0.1, -0.05) is 30.3 Å². The molecule has 132 valence electrons. The number of anilines is 1. The molecule has 0 aliphatic carbocycles. The molecule has 0 saturated carbocycles. The Morgan fingerprint density at radius 3 is 2.24 bits per heavy atom. The van der Waals surface area contributed by atoms with E-state index in [2.05, 4.69) is 10.6 Å². The van der Waals surface area contributed by atoms with E-state index in [0.29, 0.717) is 36.9 Å². The molecule has 2 aromatic carbocycles. The van der Waals surface area contributed by atoms with E-state index in [1.807, 2.05) is 44.2 Å². The van der Waals surface area contributed by atoms with E-state index in [0.717, 1.165) is 5.56 Å². The van der Waals surface area contributed by atoms with Gasteiger partial charge in [0.05, 0.1) is 13.2 Å². The summed E-state index contributed by atoms with van der Waals surface area (Å²) in [5, 5.41) is 5.14. The molecule has 0 saturated heterocycles. The molecule has 25 heavy (non-hydrogen) atoms. The summed E-state index contributed by atoms with van der Waals surface area (Å²) in [4.78, 5) is 23.9. The van der Waals surface area contributed by atoms with E-state index in [4.69, 9.17) is 9.47 Å². The summed E-state index contributed by atoms with van der Waals surface area (Å²) in [5.41, 5.74) is 1.38. The Labute approximate surface area is 147 Å². The van der Waals surface area contributed by atoms with Crippen molar-refractivity contribution in [3.63, 3.8) is 0 Å². The third-order valence-electron chi connectivity index (χ3n) is 3.30. The molecular weight excluding hydrogens is 320 g/mol. The zero-order chi connectivity index (χ0) is 18.1. The van der Waals surface area contributed by atoms with Gasteiger partial charge in [-0.05, 0) is 31.5 Å². The molecule has 2 N–H and O–H groups in total. The second-order valence-corrected chi connectivity index (χ2v) is 5.15. The molecule has 2 rings (SSSR count). The SMILES string of the molecule is CCOc1ccc(NC(=O)C(=O)NCc2ccccc2)cc1OCC. The van der Waals surface area contributed by atoms with Crippen LogP contribution < -0.4 is 20.1 Å². The first-order valence-corrected chi connectivity index (χ1v) is 8.16. The first-order valence-electron chi connectivity index (χ1n) is 8.16. The molecule has 2 amide bonds. The molecule has 2 aromatic rings. The zero-order valence-electron chi connectivity index (χ0n) is 14.4. The van der Waals surface area contributed by atoms with Gasteiger partial charge in [0.2, 0.25) is 0 Å². The monoisotopic (exact) mass is 342 g/mol. The van der Waals surface area contributed by atoms with Gasteiger partial charge in [-0.2, -0.15) is 0 Å². The van der Waals surface area contributed by atoms with Crippen molar-refractivity contribution in [3.8, 4) is 11.5 Å². The molecule has 0 radical (unpaired) electrons. The van der Waals surface area contributed by atoms with Gasteiger partial charge in [0.1, 0.15) is 0 Å². The smallest absolute Gasteiger partial charge is 0.313 e.